The van der Waals surface area contributed by atoms with Crippen LogP contribution < -0.4 is 15.4 Å². The van der Waals surface area contributed by atoms with Crippen molar-refractivity contribution in [2.75, 3.05) is 39.8 Å². The number of ether oxygens (including phenoxy) is 1. The molecule has 1 saturated heterocycles. The third-order valence-electron chi connectivity index (χ3n) is 5.37. The molecule has 0 saturated carbocycles. The quantitative estimate of drug-likeness (QED) is 0.196. The minimum Gasteiger partial charge on any atom is -0.496 e. The van der Waals surface area contributed by atoms with Gasteiger partial charge in [-0.15, -0.1) is 35.3 Å². The molecule has 1 aliphatic heterocycles. The number of benzene rings is 1. The van der Waals surface area contributed by atoms with Crippen molar-refractivity contribution in [3.63, 3.8) is 0 Å². The minimum absolute atomic E-state index is 0. The van der Waals surface area contributed by atoms with E-state index >= 15 is 0 Å². The molecule has 0 bridgehead atoms. The lowest BCUT2D eigenvalue weighted by molar-refractivity contribution is 0.245. The number of nitrogens with zero attached hydrogens (tertiary/aromatic N) is 3. The maximum absolute atomic E-state index is 5.65. The molecule has 6 nitrogen and oxygen atoms in total. The van der Waals surface area contributed by atoms with Crippen molar-refractivity contribution in [1.82, 2.24) is 20.5 Å². The molecule has 31 heavy (non-hydrogen) atoms. The maximum Gasteiger partial charge on any atom is 0.191 e. The van der Waals surface area contributed by atoms with Crippen LogP contribution >= 0.6 is 35.3 Å². The SMILES string of the molecule is CCNC(=NCC(c1ccccc1OC)N1CCCC1)NCCCc1nc(C)cs1.I. The normalized spacial score (nSPS) is 15.4. The van der Waals surface area contributed by atoms with Crippen LogP contribution in [0.25, 0.3) is 0 Å². The summed E-state index contributed by atoms with van der Waals surface area (Å²) < 4.78 is 5.65. The Balaban J connectivity index is 0.00000341. The van der Waals surface area contributed by atoms with Gasteiger partial charge in [-0.1, -0.05) is 18.2 Å². The first-order valence-electron chi connectivity index (χ1n) is 11.0. The van der Waals surface area contributed by atoms with Gasteiger partial charge in [-0.3, -0.25) is 9.89 Å². The van der Waals surface area contributed by atoms with Gasteiger partial charge in [0.2, 0.25) is 0 Å². The molecule has 0 amide bonds. The van der Waals surface area contributed by atoms with Crippen molar-refractivity contribution in [1.29, 1.82) is 0 Å². The fraction of sp³-hybridized carbons (Fsp3) is 0.565. The van der Waals surface area contributed by atoms with Crippen LogP contribution in [-0.2, 0) is 6.42 Å². The molecule has 2 N–H and O–H groups in total. The largest absolute Gasteiger partial charge is 0.496 e. The van der Waals surface area contributed by atoms with Crippen LogP contribution in [0.4, 0.5) is 0 Å². The predicted octanol–water partition coefficient (Wildman–Crippen LogP) is 4.40. The first kappa shape index (κ1) is 25.9. The number of aryl methyl sites for hydroxylation is 2. The second-order valence-electron chi connectivity index (χ2n) is 7.63. The number of guanidine groups is 1. The summed E-state index contributed by atoms with van der Waals surface area (Å²) >= 11 is 1.75. The van der Waals surface area contributed by atoms with E-state index in [2.05, 4.69) is 45.0 Å². The van der Waals surface area contributed by atoms with Crippen molar-refractivity contribution < 1.29 is 4.74 Å². The predicted molar refractivity (Wildman–Crippen MR) is 141 cm³/mol. The average Bonchev–Trinajstić information content (AvgIpc) is 3.43. The summed E-state index contributed by atoms with van der Waals surface area (Å²) in [6, 6.07) is 8.58. The molecule has 1 unspecified atom stereocenters. The first-order chi connectivity index (χ1) is 14.7. The number of aromatic nitrogens is 1. The minimum atomic E-state index is 0. The second kappa shape index (κ2) is 13.9. The summed E-state index contributed by atoms with van der Waals surface area (Å²) in [5.74, 6) is 1.83. The summed E-state index contributed by atoms with van der Waals surface area (Å²) in [5.41, 5.74) is 2.34. The average molecular weight is 558 g/mol. The molecule has 0 spiro atoms. The Hall–Kier alpha value is -1.39. The van der Waals surface area contributed by atoms with Gasteiger partial charge in [-0.05, 0) is 52.3 Å². The number of rotatable bonds is 10. The molecular formula is C23H36IN5OS. The van der Waals surface area contributed by atoms with Crippen LogP contribution in [0.1, 0.15) is 48.5 Å². The molecule has 2 aromatic rings. The number of hydrogen-bond acceptors (Lipinski definition) is 5. The van der Waals surface area contributed by atoms with Crippen molar-refractivity contribution in [3.05, 3.63) is 45.9 Å². The molecule has 1 atom stereocenters. The van der Waals surface area contributed by atoms with E-state index in [0.717, 1.165) is 56.4 Å². The summed E-state index contributed by atoms with van der Waals surface area (Å²) in [6.45, 7) is 8.83. The highest BCUT2D eigenvalue weighted by Gasteiger charge is 2.25. The molecule has 1 aromatic heterocycles. The van der Waals surface area contributed by atoms with Gasteiger partial charge in [0.25, 0.3) is 0 Å². The van der Waals surface area contributed by atoms with Crippen molar-refractivity contribution in [2.45, 2.75) is 45.6 Å². The third kappa shape index (κ3) is 7.91. The second-order valence-corrected chi connectivity index (χ2v) is 8.58. The van der Waals surface area contributed by atoms with E-state index < -0.39 is 0 Å². The smallest absolute Gasteiger partial charge is 0.191 e. The highest BCUT2D eigenvalue weighted by atomic mass is 127. The van der Waals surface area contributed by atoms with Crippen LogP contribution in [0.2, 0.25) is 0 Å². The zero-order valence-electron chi connectivity index (χ0n) is 18.9. The molecule has 0 aliphatic carbocycles. The van der Waals surface area contributed by atoms with Crippen LogP contribution in [0.15, 0.2) is 34.6 Å². The lowest BCUT2D eigenvalue weighted by Crippen LogP contribution is -2.39. The van der Waals surface area contributed by atoms with Crippen molar-refractivity contribution in [2.24, 2.45) is 4.99 Å². The Labute approximate surface area is 207 Å². The van der Waals surface area contributed by atoms with E-state index in [-0.39, 0.29) is 30.0 Å². The van der Waals surface area contributed by atoms with Gasteiger partial charge in [0, 0.05) is 36.1 Å². The zero-order valence-corrected chi connectivity index (χ0v) is 22.0. The number of methoxy groups -OCH3 is 1. The van der Waals surface area contributed by atoms with Crippen molar-refractivity contribution >= 4 is 41.3 Å². The van der Waals surface area contributed by atoms with Crippen LogP contribution in [0.3, 0.4) is 0 Å². The van der Waals surface area contributed by atoms with E-state index in [0.29, 0.717) is 6.54 Å². The Morgan fingerprint density at radius 2 is 2.03 bits per heavy atom. The molecule has 1 aliphatic rings. The van der Waals surface area contributed by atoms with E-state index in [1.165, 1.54) is 23.4 Å². The van der Waals surface area contributed by atoms with Crippen LogP contribution in [0.5, 0.6) is 5.75 Å². The van der Waals surface area contributed by atoms with E-state index in [4.69, 9.17) is 9.73 Å². The Morgan fingerprint density at radius 1 is 1.26 bits per heavy atom. The number of thiazole rings is 1. The molecule has 2 heterocycles. The van der Waals surface area contributed by atoms with E-state index in [1.807, 2.05) is 19.1 Å². The molecule has 3 rings (SSSR count). The van der Waals surface area contributed by atoms with Gasteiger partial charge in [-0.25, -0.2) is 4.98 Å². The third-order valence-corrected chi connectivity index (χ3v) is 6.40. The van der Waals surface area contributed by atoms with Gasteiger partial charge in [0.15, 0.2) is 5.96 Å². The number of para-hydroxylation sites is 1. The number of halogens is 1. The van der Waals surface area contributed by atoms with E-state index in [9.17, 15) is 0 Å². The molecular weight excluding hydrogens is 521 g/mol. The molecule has 172 valence electrons. The first-order valence-corrected chi connectivity index (χ1v) is 11.9. The lowest BCUT2D eigenvalue weighted by atomic mass is 10.0. The Bertz CT molecular complexity index is 807. The monoisotopic (exact) mass is 557 g/mol. The van der Waals surface area contributed by atoms with Gasteiger partial charge in [-0.2, -0.15) is 0 Å². The molecule has 0 radical (unpaired) electrons. The van der Waals surface area contributed by atoms with Gasteiger partial charge in [0.1, 0.15) is 5.75 Å². The number of likely N-dealkylation sites (tertiary alicyclic amines) is 1. The lowest BCUT2D eigenvalue weighted by Gasteiger charge is -2.28. The van der Waals surface area contributed by atoms with Crippen LogP contribution in [0, 0.1) is 6.92 Å². The highest BCUT2D eigenvalue weighted by Crippen LogP contribution is 2.31. The maximum atomic E-state index is 5.65. The molecule has 1 aromatic carbocycles. The molecule has 1 fully saturated rings. The summed E-state index contributed by atoms with van der Waals surface area (Å²) in [7, 11) is 1.75. The zero-order chi connectivity index (χ0) is 21.2. The summed E-state index contributed by atoms with van der Waals surface area (Å²) in [5, 5.41) is 10.2. The topological polar surface area (TPSA) is 61.8 Å². The van der Waals surface area contributed by atoms with Gasteiger partial charge < -0.3 is 15.4 Å². The summed E-state index contributed by atoms with van der Waals surface area (Å²) in [6.07, 6.45) is 4.55. The van der Waals surface area contributed by atoms with E-state index in [1.54, 1.807) is 18.4 Å². The fourth-order valence-electron chi connectivity index (χ4n) is 3.89. The summed E-state index contributed by atoms with van der Waals surface area (Å²) in [4.78, 5) is 12.0. The highest BCUT2D eigenvalue weighted by molar-refractivity contribution is 14.0. The fourth-order valence-corrected chi connectivity index (χ4v) is 4.71. The Morgan fingerprint density at radius 3 is 2.71 bits per heavy atom. The Kier molecular flexibility index (Phi) is 11.6. The number of hydrogen-bond donors (Lipinski definition) is 2. The standard InChI is InChI=1S/C23H35N5OS.HI/c1-4-24-23(25-13-9-12-22-27-18(2)17-30-22)26-16-20(28-14-7-8-15-28)19-10-5-6-11-21(19)29-3;/h5-6,10-11,17,20H,4,7-9,12-16H2,1-3H3,(H2,24,25,26);1H. The molecule has 8 heteroatoms. The number of aliphatic imine (C=N–C) groups is 1. The van der Waals surface area contributed by atoms with Gasteiger partial charge in [0.05, 0.1) is 24.7 Å². The van der Waals surface area contributed by atoms with Gasteiger partial charge >= 0.3 is 0 Å². The van der Waals surface area contributed by atoms with Crippen molar-refractivity contribution in [3.8, 4) is 5.75 Å². The number of nitrogens with one attached hydrogen (secondary N) is 2. The van der Waals surface area contributed by atoms with Crippen LogP contribution in [-0.4, -0.2) is 55.7 Å².